The average Bonchev–Trinajstić information content (AvgIpc) is 2.78. The van der Waals surface area contributed by atoms with Crippen molar-refractivity contribution in [3.8, 4) is 17.2 Å². The summed E-state index contributed by atoms with van der Waals surface area (Å²) in [4.78, 5) is 12.1. The van der Waals surface area contributed by atoms with Crippen LogP contribution in [0.3, 0.4) is 0 Å². The normalized spacial score (nSPS) is 17.0. The van der Waals surface area contributed by atoms with Gasteiger partial charge in [-0.25, -0.2) is 4.79 Å². The number of nitrogens with one attached hydrogen (secondary N) is 1. The summed E-state index contributed by atoms with van der Waals surface area (Å²) in [5, 5.41) is 33.0. The van der Waals surface area contributed by atoms with E-state index >= 15 is 0 Å². The van der Waals surface area contributed by atoms with E-state index in [1.54, 1.807) is 24.3 Å². The number of hydrogen-bond acceptors (Lipinski definition) is 6. The van der Waals surface area contributed by atoms with Crippen LogP contribution in [0.15, 0.2) is 30.3 Å². The Bertz CT molecular complexity index is 770. The number of ether oxygens (including phenoxy) is 1. The Balaban J connectivity index is 2.20. The van der Waals surface area contributed by atoms with Crippen LogP contribution in [0.4, 0.5) is 0 Å². The van der Waals surface area contributed by atoms with Crippen molar-refractivity contribution >= 4 is 5.97 Å². The zero-order valence-corrected chi connectivity index (χ0v) is 13.2. The van der Waals surface area contributed by atoms with Crippen molar-refractivity contribution in [1.29, 1.82) is 0 Å². The van der Waals surface area contributed by atoms with E-state index in [1.807, 2.05) is 0 Å². The molecule has 0 fully saturated rings. The number of carbonyl (C=O) groups excluding carboxylic acids is 1. The molecule has 1 aliphatic rings. The van der Waals surface area contributed by atoms with Gasteiger partial charge in [0, 0.05) is 12.5 Å². The highest BCUT2D eigenvalue weighted by Crippen LogP contribution is 2.40. The maximum Gasteiger partial charge on any atom is 0.342 e. The highest BCUT2D eigenvalue weighted by atomic mass is 16.5. The minimum Gasteiger partial charge on any atom is -0.508 e. The molecule has 6 heteroatoms. The van der Waals surface area contributed by atoms with Crippen molar-refractivity contribution in [2.24, 2.45) is 0 Å². The molecule has 1 aliphatic heterocycles. The fourth-order valence-electron chi connectivity index (χ4n) is 3.19. The molecule has 0 aliphatic carbocycles. The van der Waals surface area contributed by atoms with E-state index in [9.17, 15) is 20.1 Å². The van der Waals surface area contributed by atoms with Gasteiger partial charge in [0.15, 0.2) is 11.5 Å². The van der Waals surface area contributed by atoms with Gasteiger partial charge >= 0.3 is 5.97 Å². The number of aromatic hydroxyl groups is 3. The monoisotopic (exact) mass is 329 g/mol. The van der Waals surface area contributed by atoms with Crippen LogP contribution in [0.5, 0.6) is 17.2 Å². The molecule has 0 amide bonds. The molecule has 4 N–H and O–H groups in total. The standard InChI is InChI=1S/C18H19NO5/c1-24-18(23)16-12-6-7-19-9-14(10-2-4-11(20)5-3-10)13(12)8-15(21)17(16)22/h2-5,8,14,19-22H,6-7,9H2,1H3. The first-order valence-electron chi connectivity index (χ1n) is 7.68. The van der Waals surface area contributed by atoms with E-state index in [0.717, 1.165) is 11.1 Å². The number of phenols is 3. The van der Waals surface area contributed by atoms with Crippen LogP contribution in [-0.4, -0.2) is 41.5 Å². The Morgan fingerprint density at radius 3 is 2.58 bits per heavy atom. The number of rotatable bonds is 2. The molecule has 0 saturated carbocycles. The number of fused-ring (bicyclic) bond motifs is 1. The van der Waals surface area contributed by atoms with Gasteiger partial charge in [-0.1, -0.05) is 12.1 Å². The van der Waals surface area contributed by atoms with Crippen molar-refractivity contribution in [3.63, 3.8) is 0 Å². The zero-order valence-electron chi connectivity index (χ0n) is 13.2. The maximum atomic E-state index is 12.1. The van der Waals surface area contributed by atoms with Gasteiger partial charge in [0.2, 0.25) is 0 Å². The number of carbonyl (C=O) groups is 1. The highest BCUT2D eigenvalue weighted by molar-refractivity contribution is 5.95. The maximum absolute atomic E-state index is 12.1. The average molecular weight is 329 g/mol. The number of hydrogen-bond donors (Lipinski definition) is 4. The molecule has 0 bridgehead atoms. The zero-order chi connectivity index (χ0) is 17.3. The summed E-state index contributed by atoms with van der Waals surface area (Å²) in [6, 6.07) is 8.31. The molecule has 6 nitrogen and oxygen atoms in total. The fourth-order valence-corrected chi connectivity index (χ4v) is 3.19. The largest absolute Gasteiger partial charge is 0.508 e. The molecule has 0 saturated heterocycles. The lowest BCUT2D eigenvalue weighted by Crippen LogP contribution is -2.20. The molecular formula is C18H19NO5. The number of benzene rings is 2. The van der Waals surface area contributed by atoms with Crippen molar-refractivity contribution in [3.05, 3.63) is 52.6 Å². The molecule has 3 rings (SSSR count). The number of methoxy groups -OCH3 is 1. The molecule has 0 radical (unpaired) electrons. The van der Waals surface area contributed by atoms with Gasteiger partial charge in [0.25, 0.3) is 0 Å². The van der Waals surface area contributed by atoms with Crippen molar-refractivity contribution in [2.45, 2.75) is 12.3 Å². The summed E-state index contributed by atoms with van der Waals surface area (Å²) in [6.07, 6.45) is 0.530. The van der Waals surface area contributed by atoms with Gasteiger partial charge in [-0.2, -0.15) is 0 Å². The molecule has 2 aromatic rings. The molecule has 1 heterocycles. The number of phenolic OH excluding ortho intramolecular Hbond substituents is 3. The van der Waals surface area contributed by atoms with Gasteiger partial charge in [-0.3, -0.25) is 0 Å². The summed E-state index contributed by atoms with van der Waals surface area (Å²) >= 11 is 0. The van der Waals surface area contributed by atoms with Crippen LogP contribution in [0.2, 0.25) is 0 Å². The van der Waals surface area contributed by atoms with E-state index in [4.69, 9.17) is 4.74 Å². The molecule has 0 aromatic heterocycles. The summed E-state index contributed by atoms with van der Waals surface area (Å²) in [6.45, 7) is 1.25. The van der Waals surface area contributed by atoms with Gasteiger partial charge in [0.05, 0.1) is 7.11 Å². The lowest BCUT2D eigenvalue weighted by Gasteiger charge is -2.21. The predicted octanol–water partition coefficient (Wildman–Crippen LogP) is 1.87. The van der Waals surface area contributed by atoms with Gasteiger partial charge in [0.1, 0.15) is 11.3 Å². The van der Waals surface area contributed by atoms with Crippen LogP contribution < -0.4 is 5.32 Å². The van der Waals surface area contributed by atoms with Gasteiger partial charge in [-0.15, -0.1) is 0 Å². The van der Waals surface area contributed by atoms with Crippen molar-refractivity contribution < 1.29 is 24.9 Å². The third-order valence-corrected chi connectivity index (χ3v) is 4.38. The topological polar surface area (TPSA) is 99.0 Å². The van der Waals surface area contributed by atoms with Gasteiger partial charge < -0.3 is 25.4 Å². The van der Waals surface area contributed by atoms with E-state index in [2.05, 4.69) is 5.32 Å². The summed E-state index contributed by atoms with van der Waals surface area (Å²) in [7, 11) is 1.24. The minimum atomic E-state index is -0.675. The van der Waals surface area contributed by atoms with E-state index in [0.29, 0.717) is 25.1 Å². The second-order valence-corrected chi connectivity index (χ2v) is 5.78. The lowest BCUT2D eigenvalue weighted by atomic mass is 9.85. The van der Waals surface area contributed by atoms with E-state index in [-0.39, 0.29) is 23.0 Å². The van der Waals surface area contributed by atoms with E-state index in [1.165, 1.54) is 13.2 Å². The number of esters is 1. The Hall–Kier alpha value is -2.73. The smallest absolute Gasteiger partial charge is 0.342 e. The first-order valence-corrected chi connectivity index (χ1v) is 7.68. The van der Waals surface area contributed by atoms with E-state index < -0.39 is 11.7 Å². The summed E-state index contributed by atoms with van der Waals surface area (Å²) in [5.74, 6) is -1.43. The lowest BCUT2D eigenvalue weighted by molar-refractivity contribution is 0.0595. The molecule has 1 atom stereocenters. The third kappa shape index (κ3) is 2.76. The Labute approximate surface area is 139 Å². The second-order valence-electron chi connectivity index (χ2n) is 5.78. The predicted molar refractivity (Wildman–Crippen MR) is 87.6 cm³/mol. The quantitative estimate of drug-likeness (QED) is 0.496. The van der Waals surface area contributed by atoms with Crippen LogP contribution in [0.25, 0.3) is 0 Å². The molecular weight excluding hydrogens is 310 g/mol. The Morgan fingerprint density at radius 2 is 1.92 bits per heavy atom. The van der Waals surface area contributed by atoms with Crippen LogP contribution in [-0.2, 0) is 11.2 Å². The van der Waals surface area contributed by atoms with Crippen molar-refractivity contribution in [2.75, 3.05) is 20.2 Å². The minimum absolute atomic E-state index is 0.0139. The molecule has 24 heavy (non-hydrogen) atoms. The molecule has 0 spiro atoms. The SMILES string of the molecule is COC(=O)c1c(O)c(O)cc2c1CCNCC2c1ccc(O)cc1. The first-order chi connectivity index (χ1) is 11.5. The molecule has 1 unspecified atom stereocenters. The summed E-state index contributed by atoms with van der Waals surface area (Å²) in [5.41, 5.74) is 2.38. The second kappa shape index (κ2) is 6.41. The van der Waals surface area contributed by atoms with Crippen LogP contribution in [0, 0.1) is 0 Å². The first kappa shape index (κ1) is 16.1. The van der Waals surface area contributed by atoms with Crippen molar-refractivity contribution in [1.82, 2.24) is 5.32 Å². The Morgan fingerprint density at radius 1 is 1.21 bits per heavy atom. The van der Waals surface area contributed by atoms with Gasteiger partial charge in [-0.05, 0) is 47.9 Å². The molecule has 126 valence electrons. The fraction of sp³-hybridized carbons (Fsp3) is 0.278. The summed E-state index contributed by atoms with van der Waals surface area (Å²) < 4.78 is 4.77. The third-order valence-electron chi connectivity index (χ3n) is 4.38. The molecule has 2 aromatic carbocycles. The van der Waals surface area contributed by atoms with Crippen LogP contribution >= 0.6 is 0 Å². The van der Waals surface area contributed by atoms with Crippen LogP contribution in [0.1, 0.15) is 33.0 Å². The highest BCUT2D eigenvalue weighted by Gasteiger charge is 2.29. The Kier molecular flexibility index (Phi) is 4.31.